The van der Waals surface area contributed by atoms with Crippen molar-refractivity contribution in [3.05, 3.63) is 96.4 Å². The van der Waals surface area contributed by atoms with Crippen molar-refractivity contribution < 1.29 is 46.9 Å². The van der Waals surface area contributed by atoms with Crippen molar-refractivity contribution in [3.8, 4) is 17.4 Å². The van der Waals surface area contributed by atoms with Crippen molar-refractivity contribution in [2.45, 2.75) is 28.7 Å². The number of piperidine rings is 1. The highest BCUT2D eigenvalue weighted by Crippen LogP contribution is 3.02. The molecule has 17 heteroatoms. The van der Waals surface area contributed by atoms with E-state index in [1.54, 1.807) is 17.0 Å². The lowest BCUT2D eigenvalue weighted by molar-refractivity contribution is 0.0589. The van der Waals surface area contributed by atoms with Gasteiger partial charge in [-0.25, -0.2) is 13.4 Å². The van der Waals surface area contributed by atoms with Gasteiger partial charge < -0.3 is 19.7 Å². The Hall–Kier alpha value is -4.77. The first-order valence-electron chi connectivity index (χ1n) is 13.9. The number of carbonyl (C=O) groups is 2. The molecule has 1 aliphatic heterocycles. The number of hydrogen-bond donors (Lipinski definition) is 1. The number of nitrogens with one attached hydrogen (secondary N) is 1. The van der Waals surface area contributed by atoms with Crippen LogP contribution < -0.4 is 14.8 Å². The number of sulfone groups is 1. The van der Waals surface area contributed by atoms with Crippen LogP contribution in [0.2, 0.25) is 0 Å². The number of halogens is 5. The van der Waals surface area contributed by atoms with Crippen molar-refractivity contribution >= 4 is 37.6 Å². The Bertz CT molecular complexity index is 1890. The number of carbonyl (C=O) groups excluding carboxylic acids is 2. The lowest BCUT2D eigenvalue weighted by atomic mass is 10.1. The zero-order chi connectivity index (χ0) is 34.1. The number of benzene rings is 2. The predicted molar refractivity (Wildman–Crippen MR) is 163 cm³/mol. The Morgan fingerprint density at radius 1 is 0.830 bits per heavy atom. The molecule has 0 spiro atoms. The molecule has 3 heterocycles. The summed E-state index contributed by atoms with van der Waals surface area (Å²) in [6, 6.07) is 13.7. The molecular formula is C30H27F5N4O6S2. The van der Waals surface area contributed by atoms with E-state index >= 15 is 0 Å². The number of amides is 2. The van der Waals surface area contributed by atoms with E-state index in [1.165, 1.54) is 48.8 Å². The highest BCUT2D eigenvalue weighted by atomic mass is 32.5. The molecule has 1 aliphatic rings. The third-order valence-electron chi connectivity index (χ3n) is 7.01. The normalized spacial score (nSPS) is 15.7. The van der Waals surface area contributed by atoms with E-state index < -0.39 is 30.9 Å². The van der Waals surface area contributed by atoms with Gasteiger partial charge in [0.25, 0.3) is 11.8 Å². The Balaban J connectivity index is 1.10. The molecule has 0 atom stereocenters. The number of anilines is 1. The van der Waals surface area contributed by atoms with Crippen LogP contribution in [0.4, 0.5) is 25.1 Å². The molecule has 2 aromatic carbocycles. The van der Waals surface area contributed by atoms with Crippen LogP contribution in [0.3, 0.4) is 0 Å². The number of aromatic nitrogens is 2. The Labute approximate surface area is 266 Å². The summed E-state index contributed by atoms with van der Waals surface area (Å²) in [5, 5.41) is 2.59. The monoisotopic (exact) mass is 698 g/mol. The number of rotatable bonds is 9. The lowest BCUT2D eigenvalue weighted by Crippen LogP contribution is -2.42. The van der Waals surface area contributed by atoms with Crippen molar-refractivity contribution in [2.24, 2.45) is 0 Å². The van der Waals surface area contributed by atoms with Crippen LogP contribution in [-0.2, 0) is 9.84 Å². The van der Waals surface area contributed by atoms with E-state index in [0.717, 1.165) is 18.4 Å². The third kappa shape index (κ3) is 8.74. The Kier molecular flexibility index (Phi) is 8.43. The van der Waals surface area contributed by atoms with Gasteiger partial charge >= 0.3 is 10.2 Å². The fourth-order valence-electron chi connectivity index (χ4n) is 4.55. The van der Waals surface area contributed by atoms with Gasteiger partial charge in [0.1, 0.15) is 28.2 Å². The topological polar surface area (TPSA) is 128 Å². The number of ether oxygens (including phenoxy) is 2. The van der Waals surface area contributed by atoms with Crippen LogP contribution in [0.1, 0.15) is 33.7 Å². The molecular weight excluding hydrogens is 671 g/mol. The molecule has 0 radical (unpaired) electrons. The number of pyridine rings is 2. The van der Waals surface area contributed by atoms with Crippen LogP contribution in [0.15, 0.2) is 95.0 Å². The van der Waals surface area contributed by atoms with E-state index in [2.05, 4.69) is 15.3 Å². The molecule has 47 heavy (non-hydrogen) atoms. The van der Waals surface area contributed by atoms with Crippen molar-refractivity contribution in [1.29, 1.82) is 0 Å². The minimum Gasteiger partial charge on any atom is -0.490 e. The SMILES string of the molecule is CS(=O)(=O)c1ccc(OC2CCN(C(=O)c3ccc(C(=O)Nc4ccc(Oc5ccc(S(F)(F)(F)(F)F)cc5)nc4)cn3)CC2)cc1. The standard InChI is InChI=1S/C30H27F5N4O6S2/c1-46(42,43)25-8-4-22(5-9-25)44-24-14-16-39(17-15-24)30(41)27-12-2-20(18-36-27)29(40)38-21-3-13-28(37-19-21)45-23-6-10-26(11-7-23)47(31,32,33,34)35/h2-13,18-19,24H,14-17H2,1H3,(H,38,40). The highest BCUT2D eigenvalue weighted by molar-refractivity contribution is 8.45. The first-order chi connectivity index (χ1) is 21.8. The van der Waals surface area contributed by atoms with Crippen LogP contribution >= 0.6 is 10.2 Å². The predicted octanol–water partition coefficient (Wildman–Crippen LogP) is 7.27. The van der Waals surface area contributed by atoms with Crippen molar-refractivity contribution in [1.82, 2.24) is 14.9 Å². The second-order valence-corrected chi connectivity index (χ2v) is 15.1. The summed E-state index contributed by atoms with van der Waals surface area (Å²) < 4.78 is 98.9. The van der Waals surface area contributed by atoms with Crippen molar-refractivity contribution in [2.75, 3.05) is 24.7 Å². The zero-order valence-corrected chi connectivity index (χ0v) is 26.1. The largest absolute Gasteiger partial charge is 0.490 e. The molecule has 4 aromatic rings. The molecule has 10 nitrogen and oxygen atoms in total. The quantitative estimate of drug-likeness (QED) is 0.181. The van der Waals surface area contributed by atoms with E-state index in [0.29, 0.717) is 31.7 Å². The summed E-state index contributed by atoms with van der Waals surface area (Å²) >= 11 is 0. The first kappa shape index (κ1) is 33.6. The van der Waals surface area contributed by atoms with Gasteiger partial charge in [0.05, 0.1) is 22.3 Å². The second-order valence-electron chi connectivity index (χ2n) is 10.7. The molecule has 1 saturated heterocycles. The number of hydrogen-bond acceptors (Lipinski definition) is 8. The minimum atomic E-state index is -9.80. The van der Waals surface area contributed by atoms with E-state index in [9.17, 15) is 37.4 Å². The Morgan fingerprint density at radius 3 is 2.00 bits per heavy atom. The first-order valence-corrected chi connectivity index (χ1v) is 17.7. The number of nitrogens with zero attached hydrogens (tertiary/aromatic N) is 3. The van der Waals surface area contributed by atoms with Crippen molar-refractivity contribution in [3.63, 3.8) is 0 Å². The van der Waals surface area contributed by atoms with Crippen LogP contribution in [0, 0.1) is 0 Å². The van der Waals surface area contributed by atoms with Crippen LogP contribution in [0.25, 0.3) is 0 Å². The molecule has 2 amide bonds. The molecule has 0 bridgehead atoms. The van der Waals surface area contributed by atoms with E-state index in [-0.39, 0.29) is 57.6 Å². The Morgan fingerprint density at radius 2 is 1.47 bits per heavy atom. The maximum Gasteiger partial charge on any atom is 0.310 e. The molecule has 0 saturated carbocycles. The molecule has 2 aromatic heterocycles. The maximum atomic E-state index is 13.0. The average Bonchev–Trinajstić information content (AvgIpc) is 3.01. The van der Waals surface area contributed by atoms with Gasteiger partial charge in [0.15, 0.2) is 9.84 Å². The summed E-state index contributed by atoms with van der Waals surface area (Å²) in [5.41, 5.74) is 0.546. The highest BCUT2D eigenvalue weighted by Gasteiger charge is 2.65. The summed E-state index contributed by atoms with van der Waals surface area (Å²) in [6.07, 6.45) is 4.56. The van der Waals surface area contributed by atoms with Gasteiger partial charge in [-0.3, -0.25) is 14.6 Å². The lowest BCUT2D eigenvalue weighted by Gasteiger charge is -2.40. The van der Waals surface area contributed by atoms with Gasteiger partial charge in [-0.1, -0.05) is 19.4 Å². The fraction of sp³-hybridized carbons (Fsp3) is 0.200. The summed E-state index contributed by atoms with van der Waals surface area (Å²) in [7, 11) is -13.1. The molecule has 250 valence electrons. The molecule has 1 fully saturated rings. The minimum absolute atomic E-state index is 0.0634. The molecule has 1 N–H and O–H groups in total. The number of likely N-dealkylation sites (tertiary alicyclic amines) is 1. The van der Waals surface area contributed by atoms with Crippen LogP contribution in [0.5, 0.6) is 17.4 Å². The summed E-state index contributed by atoms with van der Waals surface area (Å²) in [6.45, 7) is 0.828. The fourth-order valence-corrected chi connectivity index (χ4v) is 5.84. The summed E-state index contributed by atoms with van der Waals surface area (Å²) in [4.78, 5) is 33.6. The van der Waals surface area contributed by atoms with Gasteiger partial charge in [-0.2, -0.15) is 0 Å². The van der Waals surface area contributed by atoms with E-state index in [4.69, 9.17) is 9.47 Å². The molecule has 0 aliphatic carbocycles. The smallest absolute Gasteiger partial charge is 0.310 e. The van der Waals surface area contributed by atoms with Gasteiger partial charge in [-0.05, 0) is 66.7 Å². The molecule has 5 rings (SSSR count). The summed E-state index contributed by atoms with van der Waals surface area (Å²) in [5.74, 6) is -0.547. The third-order valence-corrected chi connectivity index (χ3v) is 9.31. The zero-order valence-electron chi connectivity index (χ0n) is 24.5. The average molecular weight is 699 g/mol. The van der Waals surface area contributed by atoms with Gasteiger partial charge in [0, 0.05) is 44.5 Å². The van der Waals surface area contributed by atoms with Crippen LogP contribution in [-0.4, -0.2) is 60.5 Å². The second kappa shape index (κ2) is 11.8. The van der Waals surface area contributed by atoms with Gasteiger partial charge in [0.2, 0.25) is 5.88 Å². The van der Waals surface area contributed by atoms with Gasteiger partial charge in [-0.15, -0.1) is 0 Å². The maximum absolute atomic E-state index is 13.0. The molecule has 0 unspecified atom stereocenters. The van der Waals surface area contributed by atoms with E-state index in [1.807, 2.05) is 0 Å².